The van der Waals surface area contributed by atoms with Crippen molar-refractivity contribution in [3.05, 3.63) is 0 Å². The first-order valence-electron chi connectivity index (χ1n) is 8.31. The second-order valence-corrected chi connectivity index (χ2v) is 5.62. The van der Waals surface area contributed by atoms with Crippen LogP contribution in [0.25, 0.3) is 0 Å². The van der Waals surface area contributed by atoms with E-state index in [1.807, 2.05) is 0 Å². The van der Waals surface area contributed by atoms with E-state index in [1.54, 1.807) is 0 Å². The molecule has 2 nitrogen and oxygen atoms in total. The van der Waals surface area contributed by atoms with Crippen molar-refractivity contribution in [2.45, 2.75) is 103 Å². The average molecular weight is 256 g/mol. The number of nitrogens with one attached hydrogen (secondary N) is 1. The fraction of sp³-hybridized carbons (Fsp3) is 1.00. The fourth-order valence-corrected chi connectivity index (χ4v) is 2.48. The van der Waals surface area contributed by atoms with Crippen molar-refractivity contribution in [1.82, 2.24) is 5.43 Å². The van der Waals surface area contributed by atoms with E-state index in [1.165, 1.54) is 83.5 Å². The van der Waals surface area contributed by atoms with Crippen molar-refractivity contribution in [2.75, 3.05) is 0 Å². The van der Waals surface area contributed by atoms with Crippen molar-refractivity contribution in [3.8, 4) is 0 Å². The Kier molecular flexibility index (Phi) is 14.9. The fourth-order valence-electron chi connectivity index (χ4n) is 2.48. The number of nitrogens with two attached hydrogens (primary N) is 1. The van der Waals surface area contributed by atoms with Crippen LogP contribution in [0.3, 0.4) is 0 Å². The van der Waals surface area contributed by atoms with Gasteiger partial charge in [0, 0.05) is 6.04 Å². The standard InChI is InChI=1S/C16H36N2/c1-3-5-7-9-10-11-13-15-16(18-17)14-12-8-6-4-2/h16,18H,3-15,17H2,1-2H3. The highest BCUT2D eigenvalue weighted by molar-refractivity contribution is 4.63. The molecule has 0 spiro atoms. The average Bonchev–Trinajstić information content (AvgIpc) is 2.40. The van der Waals surface area contributed by atoms with E-state index in [4.69, 9.17) is 5.84 Å². The molecule has 0 aromatic heterocycles. The molecule has 1 unspecified atom stereocenters. The second-order valence-electron chi connectivity index (χ2n) is 5.62. The lowest BCUT2D eigenvalue weighted by Gasteiger charge is -2.15. The van der Waals surface area contributed by atoms with E-state index in [-0.39, 0.29) is 0 Å². The summed E-state index contributed by atoms with van der Waals surface area (Å²) in [4.78, 5) is 0. The van der Waals surface area contributed by atoms with E-state index in [0.717, 1.165) is 0 Å². The first-order valence-corrected chi connectivity index (χ1v) is 8.31. The molecule has 0 saturated heterocycles. The van der Waals surface area contributed by atoms with Gasteiger partial charge >= 0.3 is 0 Å². The molecule has 0 radical (unpaired) electrons. The van der Waals surface area contributed by atoms with Crippen LogP contribution in [-0.2, 0) is 0 Å². The highest BCUT2D eigenvalue weighted by Crippen LogP contribution is 2.13. The number of hydrogen-bond acceptors (Lipinski definition) is 2. The maximum Gasteiger partial charge on any atom is 0.0210 e. The predicted molar refractivity (Wildman–Crippen MR) is 82.5 cm³/mol. The lowest BCUT2D eigenvalue weighted by atomic mass is 10.0. The molecular weight excluding hydrogens is 220 g/mol. The van der Waals surface area contributed by atoms with Crippen LogP contribution in [0.1, 0.15) is 97.3 Å². The summed E-state index contributed by atoms with van der Waals surface area (Å²) in [6.07, 6.45) is 17.6. The molecule has 0 aliphatic rings. The molecule has 2 heteroatoms. The molecule has 0 saturated carbocycles. The van der Waals surface area contributed by atoms with Crippen molar-refractivity contribution >= 4 is 0 Å². The lowest BCUT2D eigenvalue weighted by Crippen LogP contribution is -2.34. The van der Waals surface area contributed by atoms with E-state index in [9.17, 15) is 0 Å². The van der Waals surface area contributed by atoms with Gasteiger partial charge in [-0.05, 0) is 12.8 Å². The molecule has 0 aliphatic carbocycles. The number of hydrogen-bond donors (Lipinski definition) is 2. The molecule has 0 heterocycles. The number of unbranched alkanes of at least 4 members (excludes halogenated alkanes) is 9. The normalized spacial score (nSPS) is 12.8. The van der Waals surface area contributed by atoms with Crippen molar-refractivity contribution in [2.24, 2.45) is 5.84 Å². The SMILES string of the molecule is CCCCCCCCCC(CCCCCC)NN. The van der Waals surface area contributed by atoms with Gasteiger partial charge in [0.1, 0.15) is 0 Å². The largest absolute Gasteiger partial charge is 0.271 e. The summed E-state index contributed by atoms with van der Waals surface area (Å²) in [5.41, 5.74) is 2.99. The Morgan fingerprint density at radius 1 is 0.667 bits per heavy atom. The topological polar surface area (TPSA) is 38.0 Å². The molecule has 0 bridgehead atoms. The summed E-state index contributed by atoms with van der Waals surface area (Å²) >= 11 is 0. The molecule has 18 heavy (non-hydrogen) atoms. The third-order valence-corrected chi connectivity index (χ3v) is 3.80. The first kappa shape index (κ1) is 17.9. The van der Waals surface area contributed by atoms with Gasteiger partial charge in [-0.15, -0.1) is 0 Å². The van der Waals surface area contributed by atoms with Gasteiger partial charge in [-0.1, -0.05) is 84.5 Å². The van der Waals surface area contributed by atoms with Gasteiger partial charge in [0.2, 0.25) is 0 Å². The van der Waals surface area contributed by atoms with Crippen LogP contribution in [-0.4, -0.2) is 6.04 Å². The molecule has 0 aliphatic heterocycles. The Balaban J connectivity index is 3.27. The minimum absolute atomic E-state index is 0.553. The third kappa shape index (κ3) is 12.4. The van der Waals surface area contributed by atoms with Crippen LogP contribution in [0.2, 0.25) is 0 Å². The van der Waals surface area contributed by atoms with Gasteiger partial charge in [0.15, 0.2) is 0 Å². The van der Waals surface area contributed by atoms with Crippen LogP contribution in [0.5, 0.6) is 0 Å². The Morgan fingerprint density at radius 3 is 1.50 bits per heavy atom. The Labute approximate surface area is 115 Å². The third-order valence-electron chi connectivity index (χ3n) is 3.80. The van der Waals surface area contributed by atoms with Crippen molar-refractivity contribution < 1.29 is 0 Å². The summed E-state index contributed by atoms with van der Waals surface area (Å²) in [6, 6.07) is 0.553. The van der Waals surface area contributed by atoms with Gasteiger partial charge in [-0.3, -0.25) is 11.3 Å². The zero-order valence-electron chi connectivity index (χ0n) is 12.8. The quantitative estimate of drug-likeness (QED) is 0.263. The molecule has 110 valence electrons. The van der Waals surface area contributed by atoms with Gasteiger partial charge in [0.25, 0.3) is 0 Å². The maximum absolute atomic E-state index is 5.62. The van der Waals surface area contributed by atoms with Crippen LogP contribution < -0.4 is 11.3 Å². The maximum atomic E-state index is 5.62. The van der Waals surface area contributed by atoms with Gasteiger partial charge in [0.05, 0.1) is 0 Å². The van der Waals surface area contributed by atoms with Crippen LogP contribution in [0.15, 0.2) is 0 Å². The highest BCUT2D eigenvalue weighted by atomic mass is 15.2. The Morgan fingerprint density at radius 2 is 1.06 bits per heavy atom. The van der Waals surface area contributed by atoms with Crippen LogP contribution in [0.4, 0.5) is 0 Å². The van der Waals surface area contributed by atoms with Crippen molar-refractivity contribution in [3.63, 3.8) is 0 Å². The van der Waals surface area contributed by atoms with E-state index >= 15 is 0 Å². The van der Waals surface area contributed by atoms with Crippen LogP contribution in [0, 0.1) is 0 Å². The monoisotopic (exact) mass is 256 g/mol. The number of rotatable bonds is 14. The minimum Gasteiger partial charge on any atom is -0.271 e. The zero-order valence-corrected chi connectivity index (χ0v) is 12.8. The van der Waals surface area contributed by atoms with Gasteiger partial charge in [-0.2, -0.15) is 0 Å². The molecular formula is C16H36N2. The van der Waals surface area contributed by atoms with Gasteiger partial charge < -0.3 is 0 Å². The molecule has 0 amide bonds. The lowest BCUT2D eigenvalue weighted by molar-refractivity contribution is 0.420. The first-order chi connectivity index (χ1) is 8.85. The zero-order chi connectivity index (χ0) is 13.5. The van der Waals surface area contributed by atoms with E-state index < -0.39 is 0 Å². The Bertz CT molecular complexity index is 148. The highest BCUT2D eigenvalue weighted by Gasteiger charge is 2.05. The number of hydrazine groups is 1. The summed E-state index contributed by atoms with van der Waals surface area (Å²) in [6.45, 7) is 4.53. The summed E-state index contributed by atoms with van der Waals surface area (Å²) in [5.74, 6) is 5.62. The summed E-state index contributed by atoms with van der Waals surface area (Å²) in [7, 11) is 0. The Hall–Kier alpha value is -0.0800. The minimum atomic E-state index is 0.553. The summed E-state index contributed by atoms with van der Waals surface area (Å²) < 4.78 is 0. The molecule has 1 atom stereocenters. The van der Waals surface area contributed by atoms with E-state index in [2.05, 4.69) is 19.3 Å². The smallest absolute Gasteiger partial charge is 0.0210 e. The predicted octanol–water partition coefficient (Wildman–Crippen LogP) is 4.93. The van der Waals surface area contributed by atoms with Crippen molar-refractivity contribution in [1.29, 1.82) is 0 Å². The van der Waals surface area contributed by atoms with Gasteiger partial charge in [-0.25, -0.2) is 0 Å². The molecule has 3 N–H and O–H groups in total. The van der Waals surface area contributed by atoms with Crippen LogP contribution >= 0.6 is 0 Å². The summed E-state index contributed by atoms with van der Waals surface area (Å²) in [5, 5.41) is 0. The van der Waals surface area contributed by atoms with E-state index in [0.29, 0.717) is 6.04 Å². The second kappa shape index (κ2) is 15.0. The molecule has 0 aromatic rings. The molecule has 0 rings (SSSR count). The molecule has 0 fully saturated rings. The molecule has 0 aromatic carbocycles.